The quantitative estimate of drug-likeness (QED) is 0.871. The fourth-order valence-corrected chi connectivity index (χ4v) is 2.87. The van der Waals surface area contributed by atoms with E-state index in [-0.39, 0.29) is 17.4 Å². The van der Waals surface area contributed by atoms with Gasteiger partial charge in [-0.3, -0.25) is 14.3 Å². The van der Waals surface area contributed by atoms with Crippen molar-refractivity contribution in [2.24, 2.45) is 7.05 Å². The number of hydrogen-bond acceptors (Lipinski definition) is 3. The Balaban J connectivity index is 2.08. The van der Waals surface area contributed by atoms with Crippen LogP contribution in [0, 0.1) is 6.92 Å². The lowest BCUT2D eigenvalue weighted by molar-refractivity contribution is -0.110. The molecule has 0 bridgehead atoms. The number of aromatic nitrogens is 2. The zero-order valence-electron chi connectivity index (χ0n) is 13.4. The maximum absolute atomic E-state index is 12.9. The van der Waals surface area contributed by atoms with E-state index in [0.717, 1.165) is 11.4 Å². The second-order valence-electron chi connectivity index (χ2n) is 5.63. The lowest BCUT2D eigenvalue weighted by Gasteiger charge is -2.25. The number of ketones is 1. The Hall–Kier alpha value is -2.82. The van der Waals surface area contributed by atoms with Gasteiger partial charge in [-0.1, -0.05) is 30.4 Å². The minimum Gasteiger partial charge on any atom is -0.359 e. The lowest BCUT2D eigenvalue weighted by atomic mass is 10.1. The van der Waals surface area contributed by atoms with Gasteiger partial charge in [0.15, 0.2) is 5.78 Å². The Morgan fingerprint density at radius 3 is 2.26 bits per heavy atom. The van der Waals surface area contributed by atoms with Crippen LogP contribution < -0.4 is 10.5 Å². The Morgan fingerprint density at radius 1 is 1.04 bits per heavy atom. The minimum absolute atomic E-state index is 0.0267. The topological polar surface area (TPSA) is 47.2 Å². The monoisotopic (exact) mass is 309 g/mol. The Morgan fingerprint density at radius 2 is 1.65 bits per heavy atom. The highest BCUT2D eigenvalue weighted by Gasteiger charge is 2.23. The van der Waals surface area contributed by atoms with E-state index in [4.69, 9.17) is 0 Å². The molecule has 0 aliphatic heterocycles. The molecule has 5 nitrogen and oxygen atoms in total. The van der Waals surface area contributed by atoms with Gasteiger partial charge < -0.3 is 4.90 Å². The first-order valence-corrected chi connectivity index (χ1v) is 7.48. The van der Waals surface area contributed by atoms with E-state index in [0.29, 0.717) is 5.69 Å². The van der Waals surface area contributed by atoms with Gasteiger partial charge in [0.2, 0.25) is 0 Å². The minimum atomic E-state index is -0.106. The van der Waals surface area contributed by atoms with Crippen molar-refractivity contribution in [3.05, 3.63) is 70.7 Å². The maximum atomic E-state index is 12.9. The summed E-state index contributed by atoms with van der Waals surface area (Å²) in [5.41, 5.74) is 2.26. The molecule has 1 aliphatic rings. The van der Waals surface area contributed by atoms with Gasteiger partial charge in [-0.15, -0.1) is 0 Å². The van der Waals surface area contributed by atoms with Crippen LogP contribution in [0.1, 0.15) is 5.69 Å². The van der Waals surface area contributed by atoms with Crippen molar-refractivity contribution in [1.82, 2.24) is 9.36 Å². The van der Waals surface area contributed by atoms with Crippen molar-refractivity contribution in [2.45, 2.75) is 13.0 Å². The molecule has 1 aromatic carbocycles. The maximum Gasteiger partial charge on any atom is 0.295 e. The highest BCUT2D eigenvalue weighted by Crippen LogP contribution is 2.20. The molecule has 0 saturated heterocycles. The summed E-state index contributed by atoms with van der Waals surface area (Å²) in [6, 6.07) is 9.45. The summed E-state index contributed by atoms with van der Waals surface area (Å²) in [4.78, 5) is 26.1. The number of carbonyl (C=O) groups is 1. The van der Waals surface area contributed by atoms with Crippen molar-refractivity contribution in [3.8, 4) is 5.69 Å². The summed E-state index contributed by atoms with van der Waals surface area (Å²) in [6.07, 6.45) is 6.69. The first-order chi connectivity index (χ1) is 11.0. The number of para-hydroxylation sites is 1. The summed E-state index contributed by atoms with van der Waals surface area (Å²) < 4.78 is 3.51. The molecule has 23 heavy (non-hydrogen) atoms. The van der Waals surface area contributed by atoms with E-state index in [1.54, 1.807) is 16.8 Å². The van der Waals surface area contributed by atoms with Crippen molar-refractivity contribution < 1.29 is 4.79 Å². The van der Waals surface area contributed by atoms with Gasteiger partial charge in [0.25, 0.3) is 5.56 Å². The van der Waals surface area contributed by atoms with Crippen LogP contribution in [0.3, 0.4) is 0 Å². The van der Waals surface area contributed by atoms with Gasteiger partial charge >= 0.3 is 0 Å². The van der Waals surface area contributed by atoms with Crippen LogP contribution in [-0.2, 0) is 11.8 Å². The largest absolute Gasteiger partial charge is 0.359 e. The zero-order valence-corrected chi connectivity index (χ0v) is 13.4. The molecule has 0 unspecified atom stereocenters. The van der Waals surface area contributed by atoms with Gasteiger partial charge in [0, 0.05) is 14.1 Å². The molecule has 0 saturated carbocycles. The average molecular weight is 309 g/mol. The summed E-state index contributed by atoms with van der Waals surface area (Å²) in [7, 11) is 3.74. The second-order valence-corrected chi connectivity index (χ2v) is 5.63. The third-order valence-corrected chi connectivity index (χ3v) is 4.24. The number of allylic oxidation sites excluding steroid dienone is 2. The Kier molecular flexibility index (Phi) is 3.78. The Bertz CT molecular complexity index is 840. The first-order valence-electron chi connectivity index (χ1n) is 7.48. The highest BCUT2D eigenvalue weighted by molar-refractivity contribution is 6.00. The van der Waals surface area contributed by atoms with Gasteiger partial charge in [0.1, 0.15) is 5.69 Å². The van der Waals surface area contributed by atoms with Crippen LogP contribution in [0.2, 0.25) is 0 Å². The SMILES string of the molecule is Cc1c(N(C)C2C=CC(=O)C=C2)c(=O)n(-c2ccccc2)n1C. The van der Waals surface area contributed by atoms with Gasteiger partial charge in [-0.05, 0) is 31.2 Å². The molecule has 1 aromatic heterocycles. The van der Waals surface area contributed by atoms with Gasteiger partial charge in [-0.2, -0.15) is 0 Å². The van der Waals surface area contributed by atoms with E-state index in [9.17, 15) is 9.59 Å². The first kappa shape index (κ1) is 15.1. The Labute approximate surface area is 134 Å². The summed E-state index contributed by atoms with van der Waals surface area (Å²) in [5.74, 6) is -0.0267. The molecule has 0 N–H and O–H groups in total. The number of benzene rings is 1. The molecule has 1 heterocycles. The summed E-state index contributed by atoms with van der Waals surface area (Å²) in [5, 5.41) is 0. The van der Waals surface area contributed by atoms with Crippen LogP contribution in [0.15, 0.2) is 59.4 Å². The molecule has 0 fully saturated rings. The molecule has 0 radical (unpaired) electrons. The number of nitrogens with zero attached hydrogens (tertiary/aromatic N) is 3. The van der Waals surface area contributed by atoms with Crippen LogP contribution >= 0.6 is 0 Å². The molecule has 1 aliphatic carbocycles. The number of rotatable bonds is 3. The van der Waals surface area contributed by atoms with E-state index in [1.807, 2.05) is 60.9 Å². The normalized spacial score (nSPS) is 14.5. The van der Waals surface area contributed by atoms with Crippen molar-refractivity contribution >= 4 is 11.5 Å². The molecule has 118 valence electrons. The smallest absolute Gasteiger partial charge is 0.295 e. The number of anilines is 1. The van der Waals surface area contributed by atoms with Gasteiger partial charge in [-0.25, -0.2) is 4.68 Å². The van der Waals surface area contributed by atoms with E-state index in [2.05, 4.69) is 0 Å². The van der Waals surface area contributed by atoms with Crippen LogP contribution in [0.5, 0.6) is 0 Å². The average Bonchev–Trinajstić information content (AvgIpc) is 2.78. The van der Waals surface area contributed by atoms with Crippen LogP contribution in [0.25, 0.3) is 5.69 Å². The van der Waals surface area contributed by atoms with Crippen molar-refractivity contribution in [2.75, 3.05) is 11.9 Å². The molecular weight excluding hydrogens is 290 g/mol. The van der Waals surface area contributed by atoms with Gasteiger partial charge in [0.05, 0.1) is 17.4 Å². The number of likely N-dealkylation sites (N-methyl/N-ethyl adjacent to an activating group) is 1. The molecule has 5 heteroatoms. The van der Waals surface area contributed by atoms with Crippen molar-refractivity contribution in [1.29, 1.82) is 0 Å². The lowest BCUT2D eigenvalue weighted by Crippen LogP contribution is -2.34. The number of carbonyl (C=O) groups excluding carboxylic acids is 1. The van der Waals surface area contributed by atoms with E-state index in [1.165, 1.54) is 12.2 Å². The summed E-state index contributed by atoms with van der Waals surface area (Å²) >= 11 is 0. The third kappa shape index (κ3) is 2.54. The second kappa shape index (κ2) is 5.76. The highest BCUT2D eigenvalue weighted by atomic mass is 16.1. The van der Waals surface area contributed by atoms with Crippen LogP contribution in [0.4, 0.5) is 5.69 Å². The molecular formula is C18H19N3O2. The zero-order chi connectivity index (χ0) is 16.6. The van der Waals surface area contributed by atoms with Crippen molar-refractivity contribution in [3.63, 3.8) is 0 Å². The fraction of sp³-hybridized carbons (Fsp3) is 0.222. The summed E-state index contributed by atoms with van der Waals surface area (Å²) in [6.45, 7) is 1.92. The molecule has 0 spiro atoms. The molecule has 3 rings (SSSR count). The number of hydrogen-bond donors (Lipinski definition) is 0. The van der Waals surface area contributed by atoms with Crippen LogP contribution in [-0.4, -0.2) is 28.2 Å². The molecule has 0 amide bonds. The third-order valence-electron chi connectivity index (χ3n) is 4.24. The van der Waals surface area contributed by atoms with E-state index < -0.39 is 0 Å². The molecule has 0 atom stereocenters. The standard InChI is InChI=1S/C18H19N3O2/c1-13-17(19(2)14-9-11-16(22)12-10-14)18(23)21(20(13)3)15-7-5-4-6-8-15/h4-12,14H,1-3H3. The molecule has 2 aromatic rings. The fourth-order valence-electron chi connectivity index (χ4n) is 2.87. The van der Waals surface area contributed by atoms with E-state index >= 15 is 0 Å². The predicted octanol–water partition coefficient (Wildman–Crippen LogP) is 1.98. The predicted molar refractivity (Wildman–Crippen MR) is 91.2 cm³/mol.